The molecule has 0 spiro atoms. The molecule has 0 amide bonds. The van der Waals surface area contributed by atoms with Crippen LogP contribution >= 0.6 is 11.6 Å². The van der Waals surface area contributed by atoms with Gasteiger partial charge in [0.15, 0.2) is 11.5 Å². The molecular formula is C13H18ClN3. The van der Waals surface area contributed by atoms with Gasteiger partial charge in [-0.05, 0) is 37.0 Å². The van der Waals surface area contributed by atoms with E-state index >= 15 is 0 Å². The minimum Gasteiger partial charge on any atom is -0.212 e. The van der Waals surface area contributed by atoms with Crippen molar-refractivity contribution in [3.63, 3.8) is 0 Å². The van der Waals surface area contributed by atoms with Gasteiger partial charge in [0.05, 0.1) is 0 Å². The number of pyridine rings is 1. The van der Waals surface area contributed by atoms with Gasteiger partial charge in [0, 0.05) is 5.92 Å². The quantitative estimate of drug-likeness (QED) is 0.773. The van der Waals surface area contributed by atoms with E-state index in [9.17, 15) is 0 Å². The van der Waals surface area contributed by atoms with Crippen molar-refractivity contribution >= 4 is 17.2 Å². The van der Waals surface area contributed by atoms with Crippen molar-refractivity contribution in [3.05, 3.63) is 28.7 Å². The van der Waals surface area contributed by atoms with E-state index < -0.39 is 0 Å². The molecule has 0 N–H and O–H groups in total. The van der Waals surface area contributed by atoms with E-state index in [0.29, 0.717) is 11.1 Å². The monoisotopic (exact) mass is 251 g/mol. The zero-order chi connectivity index (χ0) is 12.4. The molecule has 17 heavy (non-hydrogen) atoms. The van der Waals surface area contributed by atoms with Crippen LogP contribution in [-0.2, 0) is 6.42 Å². The Morgan fingerprint density at radius 2 is 1.94 bits per heavy atom. The summed E-state index contributed by atoms with van der Waals surface area (Å²) >= 11 is 6.21. The van der Waals surface area contributed by atoms with Crippen LogP contribution in [0.4, 0.5) is 0 Å². The van der Waals surface area contributed by atoms with E-state index in [1.54, 1.807) is 4.52 Å². The number of hydrogen-bond donors (Lipinski definition) is 0. The molecule has 0 fully saturated rings. The maximum atomic E-state index is 6.21. The van der Waals surface area contributed by atoms with Crippen molar-refractivity contribution in [1.29, 1.82) is 0 Å². The average Bonchev–Trinajstić information content (AvgIpc) is 2.75. The molecule has 4 heteroatoms. The summed E-state index contributed by atoms with van der Waals surface area (Å²) in [5, 5.41) is 5.15. The second-order valence-corrected chi connectivity index (χ2v) is 4.68. The Labute approximate surface area is 107 Å². The van der Waals surface area contributed by atoms with E-state index in [2.05, 4.69) is 36.9 Å². The van der Waals surface area contributed by atoms with Crippen molar-refractivity contribution in [1.82, 2.24) is 14.6 Å². The van der Waals surface area contributed by atoms with E-state index in [0.717, 1.165) is 30.7 Å². The zero-order valence-electron chi connectivity index (χ0n) is 10.6. The van der Waals surface area contributed by atoms with Crippen LogP contribution in [0.2, 0.25) is 5.15 Å². The maximum Gasteiger partial charge on any atom is 0.157 e. The molecule has 2 rings (SSSR count). The van der Waals surface area contributed by atoms with Crippen LogP contribution in [0.5, 0.6) is 0 Å². The first kappa shape index (κ1) is 12.4. The highest BCUT2D eigenvalue weighted by Crippen LogP contribution is 2.22. The van der Waals surface area contributed by atoms with Crippen LogP contribution < -0.4 is 0 Å². The van der Waals surface area contributed by atoms with Gasteiger partial charge in [0.25, 0.3) is 0 Å². The van der Waals surface area contributed by atoms with Gasteiger partial charge < -0.3 is 0 Å². The summed E-state index contributed by atoms with van der Waals surface area (Å²) in [4.78, 5) is 4.59. The lowest BCUT2D eigenvalue weighted by molar-refractivity contribution is 0.601. The maximum absolute atomic E-state index is 6.21. The number of nitrogens with zero attached hydrogens (tertiary/aromatic N) is 3. The molecular weight excluding hydrogens is 234 g/mol. The van der Waals surface area contributed by atoms with Gasteiger partial charge in [-0.1, -0.05) is 32.4 Å². The smallest absolute Gasteiger partial charge is 0.157 e. The predicted molar refractivity (Wildman–Crippen MR) is 70.7 cm³/mol. The summed E-state index contributed by atoms with van der Waals surface area (Å²) < 4.78 is 1.73. The fourth-order valence-corrected chi connectivity index (χ4v) is 2.31. The molecule has 0 radical (unpaired) electrons. The summed E-state index contributed by atoms with van der Waals surface area (Å²) in [6.07, 6.45) is 3.08. The first-order chi connectivity index (χ1) is 8.19. The SMILES string of the molecule is CCc1cc(Cl)n2nc(C(CC)CC)nc2c1. The summed E-state index contributed by atoms with van der Waals surface area (Å²) in [5.74, 6) is 1.33. The molecule has 0 saturated carbocycles. The van der Waals surface area contributed by atoms with Crippen LogP contribution in [0.15, 0.2) is 12.1 Å². The Bertz CT molecular complexity index is 515. The van der Waals surface area contributed by atoms with Gasteiger partial charge in [0.1, 0.15) is 5.15 Å². The fourth-order valence-electron chi connectivity index (χ4n) is 2.04. The predicted octanol–water partition coefficient (Wildman–Crippen LogP) is 3.85. The number of fused-ring (bicyclic) bond motifs is 1. The number of rotatable bonds is 4. The van der Waals surface area contributed by atoms with Crippen molar-refractivity contribution in [2.45, 2.75) is 46.0 Å². The average molecular weight is 252 g/mol. The van der Waals surface area contributed by atoms with Gasteiger partial charge >= 0.3 is 0 Å². The van der Waals surface area contributed by atoms with Crippen molar-refractivity contribution < 1.29 is 0 Å². The summed E-state index contributed by atoms with van der Waals surface area (Å²) in [6.45, 7) is 6.44. The fraction of sp³-hybridized carbons (Fsp3) is 0.538. The number of halogens is 1. The highest BCUT2D eigenvalue weighted by Gasteiger charge is 2.14. The molecule has 0 aliphatic heterocycles. The number of hydrogen-bond acceptors (Lipinski definition) is 2. The topological polar surface area (TPSA) is 30.2 Å². The molecule has 0 aliphatic rings. The van der Waals surface area contributed by atoms with Gasteiger partial charge in [-0.2, -0.15) is 0 Å². The van der Waals surface area contributed by atoms with Gasteiger partial charge in [-0.15, -0.1) is 5.10 Å². The molecule has 2 aromatic heterocycles. The molecule has 0 atom stereocenters. The van der Waals surface area contributed by atoms with Crippen LogP contribution in [-0.4, -0.2) is 14.6 Å². The third-order valence-electron chi connectivity index (χ3n) is 3.23. The standard InChI is InChI=1S/C13H18ClN3/c1-4-9-7-11(14)17-12(8-9)15-13(16-17)10(5-2)6-3/h7-8,10H,4-6H2,1-3H3. The minimum absolute atomic E-state index is 0.427. The third-order valence-corrected chi connectivity index (χ3v) is 3.50. The lowest BCUT2D eigenvalue weighted by Crippen LogP contribution is -1.98. The van der Waals surface area contributed by atoms with Crippen LogP contribution in [0.25, 0.3) is 5.65 Å². The molecule has 3 nitrogen and oxygen atoms in total. The number of aryl methyl sites for hydroxylation is 1. The summed E-state index contributed by atoms with van der Waals surface area (Å²) in [6, 6.07) is 4.02. The highest BCUT2D eigenvalue weighted by molar-refractivity contribution is 6.29. The van der Waals surface area contributed by atoms with Gasteiger partial charge in [0.2, 0.25) is 0 Å². The van der Waals surface area contributed by atoms with Crippen LogP contribution in [0, 0.1) is 0 Å². The van der Waals surface area contributed by atoms with Crippen molar-refractivity contribution in [3.8, 4) is 0 Å². The summed E-state index contributed by atoms with van der Waals surface area (Å²) in [5.41, 5.74) is 2.06. The molecule has 2 heterocycles. The molecule has 0 unspecified atom stereocenters. The Morgan fingerprint density at radius 3 is 2.53 bits per heavy atom. The van der Waals surface area contributed by atoms with E-state index in [1.165, 1.54) is 5.56 Å². The Kier molecular flexibility index (Phi) is 3.67. The normalized spacial score (nSPS) is 11.6. The lowest BCUT2D eigenvalue weighted by atomic mass is 10.0. The second kappa shape index (κ2) is 5.05. The lowest BCUT2D eigenvalue weighted by Gasteiger charge is -2.05. The summed E-state index contributed by atoms with van der Waals surface area (Å²) in [7, 11) is 0. The number of aromatic nitrogens is 3. The van der Waals surface area contributed by atoms with E-state index in [4.69, 9.17) is 11.6 Å². The minimum atomic E-state index is 0.427. The first-order valence-corrected chi connectivity index (χ1v) is 6.62. The van der Waals surface area contributed by atoms with Crippen LogP contribution in [0.1, 0.15) is 50.9 Å². The Morgan fingerprint density at radius 1 is 1.24 bits per heavy atom. The largest absolute Gasteiger partial charge is 0.212 e. The molecule has 92 valence electrons. The van der Waals surface area contributed by atoms with Crippen molar-refractivity contribution in [2.24, 2.45) is 0 Å². The third kappa shape index (κ3) is 2.29. The molecule has 0 aromatic carbocycles. The molecule has 0 bridgehead atoms. The zero-order valence-corrected chi connectivity index (χ0v) is 11.3. The highest BCUT2D eigenvalue weighted by atomic mass is 35.5. The van der Waals surface area contributed by atoms with Gasteiger partial charge in [-0.3, -0.25) is 0 Å². The first-order valence-electron chi connectivity index (χ1n) is 6.24. The Hall–Kier alpha value is -1.09. The molecule has 2 aromatic rings. The molecule has 0 aliphatic carbocycles. The molecule has 0 saturated heterocycles. The Balaban J connectivity index is 2.53. The van der Waals surface area contributed by atoms with E-state index in [1.807, 2.05) is 6.07 Å². The van der Waals surface area contributed by atoms with Crippen LogP contribution in [0.3, 0.4) is 0 Å². The van der Waals surface area contributed by atoms with E-state index in [-0.39, 0.29) is 0 Å². The van der Waals surface area contributed by atoms with Gasteiger partial charge in [-0.25, -0.2) is 9.50 Å². The van der Waals surface area contributed by atoms with Crippen molar-refractivity contribution in [2.75, 3.05) is 0 Å². The second-order valence-electron chi connectivity index (χ2n) is 4.29.